The molecule has 0 bridgehead atoms. The van der Waals surface area contributed by atoms with Crippen molar-refractivity contribution < 1.29 is 18.3 Å². The number of carbonyl (C=O) groups is 1. The summed E-state index contributed by atoms with van der Waals surface area (Å²) in [5.41, 5.74) is 0.0144. The Morgan fingerprint density at radius 2 is 1.79 bits per heavy atom. The normalized spacial score (nSPS) is 11.3. The number of carboxylic acids is 1. The van der Waals surface area contributed by atoms with Crippen LogP contribution in [0.2, 0.25) is 10.0 Å². The molecule has 0 saturated heterocycles. The zero-order chi connectivity index (χ0) is 17.9. The van der Waals surface area contributed by atoms with Crippen LogP contribution in [0.15, 0.2) is 52.3 Å². The average molecular weight is 406 g/mol. The lowest BCUT2D eigenvalue weighted by atomic mass is 10.3. The Bertz CT molecular complexity index is 854. The fraction of sp³-hybridized carbons (Fsp3) is 0.133. The second-order valence-electron chi connectivity index (χ2n) is 4.65. The van der Waals surface area contributed by atoms with Gasteiger partial charge in [-0.05, 0) is 42.7 Å². The summed E-state index contributed by atoms with van der Waals surface area (Å²) in [4.78, 5) is 12.0. The maximum absolute atomic E-state index is 12.9. The van der Waals surface area contributed by atoms with Crippen molar-refractivity contribution in [1.82, 2.24) is 0 Å². The molecule has 0 aliphatic rings. The van der Waals surface area contributed by atoms with E-state index in [2.05, 4.69) is 0 Å². The molecule has 0 saturated carbocycles. The molecule has 0 aliphatic heterocycles. The van der Waals surface area contributed by atoms with E-state index in [1.165, 1.54) is 42.1 Å². The van der Waals surface area contributed by atoms with Gasteiger partial charge in [-0.25, -0.2) is 8.42 Å². The first-order valence-electron chi connectivity index (χ1n) is 6.60. The number of benzene rings is 2. The van der Waals surface area contributed by atoms with Crippen molar-refractivity contribution in [3.8, 4) is 0 Å². The van der Waals surface area contributed by atoms with Crippen LogP contribution in [0.25, 0.3) is 0 Å². The van der Waals surface area contributed by atoms with Gasteiger partial charge in [0.1, 0.15) is 6.54 Å². The summed E-state index contributed by atoms with van der Waals surface area (Å²) < 4.78 is 26.5. The van der Waals surface area contributed by atoms with Crippen LogP contribution in [-0.2, 0) is 14.8 Å². The SMILES string of the molecule is CSc1ccc(S(=O)(=O)N(CC(=O)O)c2cccc(Cl)c2Cl)cc1. The van der Waals surface area contributed by atoms with E-state index in [4.69, 9.17) is 28.3 Å². The Balaban J connectivity index is 2.57. The Labute approximate surface area is 154 Å². The average Bonchev–Trinajstić information content (AvgIpc) is 2.55. The lowest BCUT2D eigenvalue weighted by Gasteiger charge is -2.24. The van der Waals surface area contributed by atoms with Crippen LogP contribution in [0.3, 0.4) is 0 Å². The highest BCUT2D eigenvalue weighted by Gasteiger charge is 2.29. The van der Waals surface area contributed by atoms with Crippen LogP contribution in [0, 0.1) is 0 Å². The predicted octanol–water partition coefficient (Wildman–Crippen LogP) is 4.00. The molecule has 5 nitrogen and oxygen atoms in total. The molecule has 24 heavy (non-hydrogen) atoms. The van der Waals surface area contributed by atoms with Crippen molar-refractivity contribution in [3.63, 3.8) is 0 Å². The molecule has 0 atom stereocenters. The van der Waals surface area contributed by atoms with Crippen molar-refractivity contribution >= 4 is 56.6 Å². The van der Waals surface area contributed by atoms with E-state index in [1.54, 1.807) is 12.1 Å². The first-order valence-corrected chi connectivity index (χ1v) is 10.0. The highest BCUT2D eigenvalue weighted by Crippen LogP contribution is 2.35. The highest BCUT2D eigenvalue weighted by molar-refractivity contribution is 7.98. The number of hydrogen-bond donors (Lipinski definition) is 1. The zero-order valence-electron chi connectivity index (χ0n) is 12.4. The van der Waals surface area contributed by atoms with Gasteiger partial charge in [0.2, 0.25) is 0 Å². The second kappa shape index (κ2) is 7.65. The molecule has 2 aromatic rings. The standard InChI is InChI=1S/C15H13Cl2NO4S2/c1-23-10-5-7-11(8-6-10)24(21,22)18(9-14(19)20)13-4-2-3-12(16)15(13)17/h2-8H,9H2,1H3,(H,19,20). The van der Waals surface area contributed by atoms with Crippen molar-refractivity contribution in [2.24, 2.45) is 0 Å². The smallest absolute Gasteiger partial charge is 0.324 e. The van der Waals surface area contributed by atoms with Gasteiger partial charge < -0.3 is 5.11 Å². The van der Waals surface area contributed by atoms with Crippen LogP contribution >= 0.6 is 35.0 Å². The number of hydrogen-bond acceptors (Lipinski definition) is 4. The first-order chi connectivity index (χ1) is 11.3. The third-order valence-electron chi connectivity index (χ3n) is 3.13. The van der Waals surface area contributed by atoms with Crippen molar-refractivity contribution in [2.45, 2.75) is 9.79 Å². The third kappa shape index (κ3) is 3.97. The first kappa shape index (κ1) is 18.9. The van der Waals surface area contributed by atoms with E-state index < -0.39 is 22.5 Å². The van der Waals surface area contributed by atoms with E-state index >= 15 is 0 Å². The number of carboxylic acid groups (broad SMARTS) is 1. The summed E-state index contributed by atoms with van der Waals surface area (Å²) >= 11 is 13.5. The molecule has 0 aromatic heterocycles. The van der Waals surface area contributed by atoms with Gasteiger partial charge in [0.05, 0.1) is 20.6 Å². The fourth-order valence-electron chi connectivity index (χ4n) is 1.98. The largest absolute Gasteiger partial charge is 0.480 e. The number of halogens is 2. The summed E-state index contributed by atoms with van der Waals surface area (Å²) in [6, 6.07) is 10.6. The third-order valence-corrected chi connectivity index (χ3v) is 6.45. The molecule has 0 amide bonds. The number of nitrogens with zero attached hydrogens (tertiary/aromatic N) is 1. The summed E-state index contributed by atoms with van der Waals surface area (Å²) in [5, 5.41) is 9.23. The van der Waals surface area contributed by atoms with Gasteiger partial charge in [0.25, 0.3) is 10.0 Å². The zero-order valence-corrected chi connectivity index (χ0v) is 15.6. The molecule has 2 rings (SSSR count). The van der Waals surface area contributed by atoms with Crippen LogP contribution in [0.5, 0.6) is 0 Å². The minimum Gasteiger partial charge on any atom is -0.480 e. The molecule has 0 aliphatic carbocycles. The molecule has 2 aromatic carbocycles. The molecule has 0 spiro atoms. The van der Waals surface area contributed by atoms with E-state index in [0.717, 1.165) is 9.20 Å². The highest BCUT2D eigenvalue weighted by atomic mass is 35.5. The minimum atomic E-state index is -4.11. The lowest BCUT2D eigenvalue weighted by Crippen LogP contribution is -2.36. The number of thioether (sulfide) groups is 1. The summed E-state index contributed by atoms with van der Waals surface area (Å²) in [5.74, 6) is -1.31. The van der Waals surface area contributed by atoms with E-state index in [9.17, 15) is 13.2 Å². The number of rotatable bonds is 6. The summed E-state index contributed by atoms with van der Waals surface area (Å²) in [7, 11) is -4.11. The van der Waals surface area contributed by atoms with Crippen molar-refractivity contribution in [3.05, 3.63) is 52.5 Å². The van der Waals surface area contributed by atoms with Crippen LogP contribution < -0.4 is 4.31 Å². The van der Waals surface area contributed by atoms with Crippen LogP contribution in [-0.4, -0.2) is 32.3 Å². The Hall–Kier alpha value is -1.41. The van der Waals surface area contributed by atoms with Crippen molar-refractivity contribution in [1.29, 1.82) is 0 Å². The van der Waals surface area contributed by atoms with Gasteiger partial charge in [-0.15, -0.1) is 11.8 Å². The van der Waals surface area contributed by atoms with Crippen molar-refractivity contribution in [2.75, 3.05) is 17.1 Å². The maximum atomic E-state index is 12.9. The molecule has 0 heterocycles. The van der Waals surface area contributed by atoms with Gasteiger partial charge in [0.15, 0.2) is 0 Å². The Morgan fingerprint density at radius 3 is 2.33 bits per heavy atom. The molecular formula is C15H13Cl2NO4S2. The molecule has 1 N–H and O–H groups in total. The van der Waals surface area contributed by atoms with E-state index in [1.807, 2.05) is 6.26 Å². The van der Waals surface area contributed by atoms with Gasteiger partial charge in [0, 0.05) is 4.90 Å². The number of aliphatic carboxylic acids is 1. The summed E-state index contributed by atoms with van der Waals surface area (Å²) in [6.07, 6.45) is 1.87. The van der Waals surface area contributed by atoms with Gasteiger partial charge in [-0.3, -0.25) is 9.10 Å². The van der Waals surface area contributed by atoms with Gasteiger partial charge >= 0.3 is 5.97 Å². The fourth-order valence-corrected chi connectivity index (χ4v) is 4.26. The number of sulfonamides is 1. The predicted molar refractivity (Wildman–Crippen MR) is 96.9 cm³/mol. The van der Waals surface area contributed by atoms with Crippen LogP contribution in [0.4, 0.5) is 5.69 Å². The molecule has 9 heteroatoms. The minimum absolute atomic E-state index is 0.0144. The lowest BCUT2D eigenvalue weighted by molar-refractivity contribution is -0.135. The maximum Gasteiger partial charge on any atom is 0.324 e. The number of anilines is 1. The molecule has 0 fully saturated rings. The quantitative estimate of drug-likeness (QED) is 0.735. The van der Waals surface area contributed by atoms with Gasteiger partial charge in [-0.2, -0.15) is 0 Å². The Morgan fingerprint density at radius 1 is 1.17 bits per heavy atom. The molecular weight excluding hydrogens is 393 g/mol. The van der Waals surface area contributed by atoms with E-state index in [-0.39, 0.29) is 20.6 Å². The monoisotopic (exact) mass is 405 g/mol. The van der Waals surface area contributed by atoms with E-state index in [0.29, 0.717) is 0 Å². The molecule has 0 unspecified atom stereocenters. The summed E-state index contributed by atoms with van der Waals surface area (Å²) in [6.45, 7) is -0.771. The van der Waals surface area contributed by atoms with Crippen LogP contribution in [0.1, 0.15) is 0 Å². The molecule has 0 radical (unpaired) electrons. The second-order valence-corrected chi connectivity index (χ2v) is 8.18. The Kier molecular flexibility index (Phi) is 6.03. The molecule has 128 valence electrons. The van der Waals surface area contributed by atoms with Gasteiger partial charge in [-0.1, -0.05) is 29.3 Å². The topological polar surface area (TPSA) is 74.7 Å².